The standard InChI is InChI=1S/C14H17ClINO/c15-9-8-11-5-3-4-10-17(11)14(18)12-6-1-2-7-13(12)16/h1-2,6-7,11H,3-5,8-10H2. The van der Waals surface area contributed by atoms with Crippen molar-refractivity contribution >= 4 is 40.1 Å². The Bertz CT molecular complexity index is 422. The summed E-state index contributed by atoms with van der Waals surface area (Å²) in [4.78, 5) is 14.6. The molecule has 1 aliphatic heterocycles. The Morgan fingerprint density at radius 2 is 2.17 bits per heavy atom. The second-order valence-corrected chi connectivity index (χ2v) is 6.15. The van der Waals surface area contributed by atoms with Gasteiger partial charge in [0.05, 0.1) is 5.56 Å². The molecule has 4 heteroatoms. The number of amides is 1. The monoisotopic (exact) mass is 377 g/mol. The summed E-state index contributed by atoms with van der Waals surface area (Å²) >= 11 is 8.07. The zero-order valence-corrected chi connectivity index (χ0v) is 13.2. The Labute approximate surface area is 127 Å². The summed E-state index contributed by atoms with van der Waals surface area (Å²) in [5, 5.41) is 0. The van der Waals surface area contributed by atoms with Gasteiger partial charge in [-0.2, -0.15) is 0 Å². The largest absolute Gasteiger partial charge is 0.336 e. The summed E-state index contributed by atoms with van der Waals surface area (Å²) in [6.45, 7) is 0.866. The Morgan fingerprint density at radius 3 is 2.89 bits per heavy atom. The lowest BCUT2D eigenvalue weighted by atomic mass is 9.99. The summed E-state index contributed by atoms with van der Waals surface area (Å²) in [5.74, 6) is 0.787. The van der Waals surface area contributed by atoms with E-state index in [0.717, 1.165) is 34.9 Å². The fourth-order valence-electron chi connectivity index (χ4n) is 2.48. The zero-order valence-electron chi connectivity index (χ0n) is 10.2. The molecule has 0 saturated carbocycles. The van der Waals surface area contributed by atoms with Crippen LogP contribution in [0.3, 0.4) is 0 Å². The lowest BCUT2D eigenvalue weighted by Crippen LogP contribution is -2.44. The van der Waals surface area contributed by atoms with Gasteiger partial charge in [-0.15, -0.1) is 11.6 Å². The quantitative estimate of drug-likeness (QED) is 0.577. The van der Waals surface area contributed by atoms with Crippen LogP contribution in [0, 0.1) is 3.57 Å². The number of hydrogen-bond acceptors (Lipinski definition) is 1. The fourth-order valence-corrected chi connectivity index (χ4v) is 3.35. The van der Waals surface area contributed by atoms with Crippen molar-refractivity contribution in [2.45, 2.75) is 31.7 Å². The molecule has 98 valence electrons. The number of nitrogens with zero attached hydrogens (tertiary/aromatic N) is 1. The van der Waals surface area contributed by atoms with Crippen molar-refractivity contribution in [1.82, 2.24) is 4.90 Å². The number of benzene rings is 1. The maximum absolute atomic E-state index is 12.6. The third-order valence-electron chi connectivity index (χ3n) is 3.43. The molecule has 0 aromatic heterocycles. The van der Waals surface area contributed by atoms with Gasteiger partial charge < -0.3 is 4.90 Å². The lowest BCUT2D eigenvalue weighted by molar-refractivity contribution is 0.0608. The van der Waals surface area contributed by atoms with E-state index in [1.807, 2.05) is 29.2 Å². The summed E-state index contributed by atoms with van der Waals surface area (Å²) in [6.07, 6.45) is 4.30. The van der Waals surface area contributed by atoms with E-state index >= 15 is 0 Å². The molecule has 1 amide bonds. The highest BCUT2D eigenvalue weighted by molar-refractivity contribution is 14.1. The Hall–Kier alpha value is -0.290. The number of piperidine rings is 1. The average molecular weight is 378 g/mol. The van der Waals surface area contributed by atoms with Gasteiger partial charge in [0.25, 0.3) is 5.91 Å². The fraction of sp³-hybridized carbons (Fsp3) is 0.500. The highest BCUT2D eigenvalue weighted by Crippen LogP contribution is 2.24. The summed E-state index contributed by atoms with van der Waals surface area (Å²) < 4.78 is 1.02. The van der Waals surface area contributed by atoms with E-state index in [0.29, 0.717) is 11.9 Å². The third-order valence-corrected chi connectivity index (χ3v) is 4.59. The van der Waals surface area contributed by atoms with Crippen molar-refractivity contribution in [3.8, 4) is 0 Å². The molecule has 1 aromatic carbocycles. The third kappa shape index (κ3) is 3.18. The first-order chi connectivity index (χ1) is 8.74. The second kappa shape index (κ2) is 6.75. The molecule has 18 heavy (non-hydrogen) atoms. The van der Waals surface area contributed by atoms with Crippen LogP contribution in [0.4, 0.5) is 0 Å². The Morgan fingerprint density at radius 1 is 1.39 bits per heavy atom. The van der Waals surface area contributed by atoms with E-state index in [-0.39, 0.29) is 5.91 Å². The predicted molar refractivity (Wildman–Crippen MR) is 83.2 cm³/mol. The molecule has 0 bridgehead atoms. The minimum Gasteiger partial charge on any atom is -0.336 e. The molecule has 2 nitrogen and oxygen atoms in total. The number of carbonyl (C=O) groups excluding carboxylic acids is 1. The van der Waals surface area contributed by atoms with Crippen molar-refractivity contribution in [2.24, 2.45) is 0 Å². The molecule has 2 rings (SSSR count). The number of carbonyl (C=O) groups is 1. The SMILES string of the molecule is O=C(c1ccccc1I)N1CCCCC1CCCl. The van der Waals surface area contributed by atoms with Crippen LogP contribution in [0.1, 0.15) is 36.0 Å². The molecule has 1 unspecified atom stereocenters. The Kier molecular flexibility index (Phi) is 5.30. The summed E-state index contributed by atoms with van der Waals surface area (Å²) in [5.41, 5.74) is 0.819. The summed E-state index contributed by atoms with van der Waals surface area (Å²) in [6, 6.07) is 8.10. The van der Waals surface area contributed by atoms with Crippen LogP contribution in [0.25, 0.3) is 0 Å². The van der Waals surface area contributed by atoms with Gasteiger partial charge in [-0.25, -0.2) is 0 Å². The van der Waals surface area contributed by atoms with Crippen molar-refractivity contribution in [3.05, 3.63) is 33.4 Å². The van der Waals surface area contributed by atoms with Crippen molar-refractivity contribution < 1.29 is 4.79 Å². The van der Waals surface area contributed by atoms with E-state index in [1.54, 1.807) is 0 Å². The van der Waals surface area contributed by atoms with E-state index in [4.69, 9.17) is 11.6 Å². The molecule has 1 aromatic rings. The minimum absolute atomic E-state index is 0.162. The molecule has 0 radical (unpaired) electrons. The van der Waals surface area contributed by atoms with Gasteiger partial charge in [-0.1, -0.05) is 12.1 Å². The molecular formula is C14H17ClINO. The van der Waals surface area contributed by atoms with E-state index in [1.165, 1.54) is 6.42 Å². The van der Waals surface area contributed by atoms with Gasteiger partial charge in [0.15, 0.2) is 0 Å². The van der Waals surface area contributed by atoms with E-state index < -0.39 is 0 Å². The Balaban J connectivity index is 2.18. The number of likely N-dealkylation sites (tertiary alicyclic amines) is 1. The lowest BCUT2D eigenvalue weighted by Gasteiger charge is -2.35. The molecule has 1 atom stereocenters. The number of alkyl halides is 1. The molecule has 0 aliphatic carbocycles. The maximum atomic E-state index is 12.6. The van der Waals surface area contributed by atoms with Crippen molar-refractivity contribution in [3.63, 3.8) is 0 Å². The van der Waals surface area contributed by atoms with Gasteiger partial charge in [0.1, 0.15) is 0 Å². The van der Waals surface area contributed by atoms with Crippen LogP contribution in [-0.2, 0) is 0 Å². The number of hydrogen-bond donors (Lipinski definition) is 0. The smallest absolute Gasteiger partial charge is 0.255 e. The van der Waals surface area contributed by atoms with Crippen LogP contribution in [0.15, 0.2) is 24.3 Å². The van der Waals surface area contributed by atoms with Gasteiger partial charge >= 0.3 is 0 Å². The number of halogens is 2. The topological polar surface area (TPSA) is 20.3 Å². The molecule has 0 spiro atoms. The maximum Gasteiger partial charge on any atom is 0.255 e. The first kappa shape index (κ1) is 14.1. The first-order valence-corrected chi connectivity index (χ1v) is 7.97. The predicted octanol–water partition coefficient (Wildman–Crippen LogP) is 3.91. The molecular weight excluding hydrogens is 361 g/mol. The van der Waals surface area contributed by atoms with Crippen LogP contribution in [0.5, 0.6) is 0 Å². The molecule has 1 aliphatic rings. The molecule has 1 fully saturated rings. The first-order valence-electron chi connectivity index (χ1n) is 6.35. The van der Waals surface area contributed by atoms with Crippen LogP contribution >= 0.6 is 34.2 Å². The highest BCUT2D eigenvalue weighted by Gasteiger charge is 2.27. The number of rotatable bonds is 3. The molecule has 1 heterocycles. The van der Waals surface area contributed by atoms with Crippen LogP contribution in [-0.4, -0.2) is 29.3 Å². The van der Waals surface area contributed by atoms with Gasteiger partial charge in [0, 0.05) is 22.0 Å². The zero-order chi connectivity index (χ0) is 13.0. The highest BCUT2D eigenvalue weighted by atomic mass is 127. The molecule has 0 N–H and O–H groups in total. The van der Waals surface area contributed by atoms with Crippen molar-refractivity contribution in [1.29, 1.82) is 0 Å². The second-order valence-electron chi connectivity index (χ2n) is 4.61. The molecule has 1 saturated heterocycles. The van der Waals surface area contributed by atoms with Gasteiger partial charge in [0.2, 0.25) is 0 Å². The van der Waals surface area contributed by atoms with Gasteiger partial charge in [-0.3, -0.25) is 4.79 Å². The minimum atomic E-state index is 0.162. The van der Waals surface area contributed by atoms with Crippen LogP contribution < -0.4 is 0 Å². The van der Waals surface area contributed by atoms with E-state index in [2.05, 4.69) is 22.6 Å². The normalized spacial score (nSPS) is 19.9. The average Bonchev–Trinajstić information content (AvgIpc) is 2.40. The summed E-state index contributed by atoms with van der Waals surface area (Å²) in [7, 11) is 0. The van der Waals surface area contributed by atoms with Crippen molar-refractivity contribution in [2.75, 3.05) is 12.4 Å². The van der Waals surface area contributed by atoms with E-state index in [9.17, 15) is 4.79 Å². The van der Waals surface area contributed by atoms with Gasteiger partial charge in [-0.05, 0) is 60.4 Å². The van der Waals surface area contributed by atoms with Crippen LogP contribution in [0.2, 0.25) is 0 Å².